The Bertz CT molecular complexity index is 703. The molecule has 2 rings (SSSR count). The van der Waals surface area contributed by atoms with E-state index in [1.54, 1.807) is 11.4 Å². The van der Waals surface area contributed by atoms with Gasteiger partial charge in [-0.05, 0) is 17.5 Å². The molecule has 0 unspecified atom stereocenters. The Morgan fingerprint density at radius 2 is 1.75 bits per heavy atom. The molecule has 0 N–H and O–H groups in total. The molecule has 0 radical (unpaired) electrons. The fraction of sp³-hybridized carbons (Fsp3) is 0. The molecule has 0 fully saturated rings. The third-order valence-corrected chi connectivity index (χ3v) is 4.58. The minimum Gasteiger partial charge on any atom is -0.258 e. The Labute approximate surface area is 120 Å². The summed E-state index contributed by atoms with van der Waals surface area (Å²) >= 11 is 2.07. The predicted octanol–water partition coefficient (Wildman–Crippen LogP) is 3.59. The molecule has 0 spiro atoms. The summed E-state index contributed by atoms with van der Waals surface area (Å²) in [7, 11) is 0. The molecule has 9 heteroatoms. The van der Waals surface area contributed by atoms with Gasteiger partial charge in [-0.2, -0.15) is 5.26 Å². The van der Waals surface area contributed by atoms with E-state index in [-0.39, 0.29) is 16.3 Å². The zero-order valence-corrected chi connectivity index (χ0v) is 11.3. The first-order chi connectivity index (χ1) is 9.54. The van der Waals surface area contributed by atoms with Crippen molar-refractivity contribution in [1.82, 2.24) is 0 Å². The van der Waals surface area contributed by atoms with Crippen LogP contribution in [0.15, 0.2) is 38.8 Å². The van der Waals surface area contributed by atoms with Crippen molar-refractivity contribution in [3.63, 3.8) is 0 Å². The maximum atomic E-state index is 11.0. The lowest BCUT2D eigenvalue weighted by Crippen LogP contribution is -1.96. The molecule has 1 aromatic heterocycles. The Kier molecular flexibility index (Phi) is 3.97. The fourth-order valence-electron chi connectivity index (χ4n) is 1.46. The minimum absolute atomic E-state index is 0.0681. The highest BCUT2D eigenvalue weighted by Crippen LogP contribution is 2.43. The quantitative estimate of drug-likeness (QED) is 0.630. The zero-order chi connectivity index (χ0) is 14.7. The maximum Gasteiger partial charge on any atom is 0.290 e. The van der Waals surface area contributed by atoms with E-state index in [4.69, 9.17) is 5.26 Å². The molecule has 0 atom stereocenters. The average Bonchev–Trinajstić information content (AvgIpc) is 2.85. The van der Waals surface area contributed by atoms with E-state index in [0.29, 0.717) is 9.77 Å². The second-order valence-electron chi connectivity index (χ2n) is 3.48. The highest BCUT2D eigenvalue weighted by atomic mass is 32.2. The Morgan fingerprint density at radius 1 is 1.15 bits per heavy atom. The highest BCUT2D eigenvalue weighted by molar-refractivity contribution is 8.01. The standard InChI is InChI=1S/C11H5N3O4S2/c12-6-7-4-5-19-11(7)20-10-8(13(15)16)2-1-3-9(10)14(17)18/h1-5H. The van der Waals surface area contributed by atoms with Crippen molar-refractivity contribution in [1.29, 1.82) is 5.26 Å². The zero-order valence-electron chi connectivity index (χ0n) is 9.68. The second kappa shape index (κ2) is 5.68. The molecule has 0 aliphatic carbocycles. The first kappa shape index (κ1) is 14.0. The number of nitro groups is 2. The van der Waals surface area contributed by atoms with Crippen molar-refractivity contribution < 1.29 is 9.85 Å². The van der Waals surface area contributed by atoms with Crippen molar-refractivity contribution in [3.05, 3.63) is 55.4 Å². The monoisotopic (exact) mass is 307 g/mol. The van der Waals surface area contributed by atoms with Gasteiger partial charge in [0.1, 0.15) is 6.07 Å². The van der Waals surface area contributed by atoms with Crippen LogP contribution < -0.4 is 0 Å². The first-order valence-electron chi connectivity index (χ1n) is 5.12. The van der Waals surface area contributed by atoms with Crippen LogP contribution in [-0.4, -0.2) is 9.85 Å². The van der Waals surface area contributed by atoms with Gasteiger partial charge in [-0.1, -0.05) is 11.8 Å². The van der Waals surface area contributed by atoms with Gasteiger partial charge >= 0.3 is 0 Å². The summed E-state index contributed by atoms with van der Waals surface area (Å²) < 4.78 is 0.491. The molecule has 0 saturated heterocycles. The van der Waals surface area contributed by atoms with Crippen LogP contribution in [0.1, 0.15) is 5.56 Å². The topological polar surface area (TPSA) is 110 Å². The van der Waals surface area contributed by atoms with Crippen molar-refractivity contribution >= 4 is 34.5 Å². The van der Waals surface area contributed by atoms with Gasteiger partial charge in [0, 0.05) is 12.1 Å². The van der Waals surface area contributed by atoms with Gasteiger partial charge in [-0.15, -0.1) is 11.3 Å². The number of nitro benzene ring substituents is 2. The summed E-state index contributed by atoms with van der Waals surface area (Å²) in [5, 5.41) is 32.5. The van der Waals surface area contributed by atoms with Gasteiger partial charge in [-0.25, -0.2) is 0 Å². The van der Waals surface area contributed by atoms with Crippen molar-refractivity contribution in [2.45, 2.75) is 9.10 Å². The van der Waals surface area contributed by atoms with Gasteiger partial charge in [-0.3, -0.25) is 20.2 Å². The van der Waals surface area contributed by atoms with Crippen LogP contribution in [0.2, 0.25) is 0 Å². The van der Waals surface area contributed by atoms with Gasteiger partial charge in [0.2, 0.25) is 0 Å². The summed E-state index contributed by atoms with van der Waals surface area (Å²) in [4.78, 5) is 20.6. The lowest BCUT2D eigenvalue weighted by atomic mass is 10.3. The van der Waals surface area contributed by atoms with E-state index in [0.717, 1.165) is 11.8 Å². The van der Waals surface area contributed by atoms with Crippen molar-refractivity contribution in [3.8, 4) is 6.07 Å². The molecule has 2 aromatic rings. The highest BCUT2D eigenvalue weighted by Gasteiger charge is 2.26. The number of nitriles is 1. The summed E-state index contributed by atoms with van der Waals surface area (Å²) in [6, 6.07) is 7.18. The van der Waals surface area contributed by atoms with Gasteiger partial charge in [0.05, 0.1) is 19.6 Å². The Morgan fingerprint density at radius 3 is 2.25 bits per heavy atom. The van der Waals surface area contributed by atoms with Crippen LogP contribution in [0, 0.1) is 31.6 Å². The lowest BCUT2D eigenvalue weighted by molar-refractivity contribution is -0.399. The maximum absolute atomic E-state index is 11.0. The van der Waals surface area contributed by atoms with Crippen LogP contribution in [0.4, 0.5) is 11.4 Å². The van der Waals surface area contributed by atoms with Crippen molar-refractivity contribution in [2.75, 3.05) is 0 Å². The summed E-state index contributed by atoms with van der Waals surface area (Å²) in [6.45, 7) is 0. The minimum atomic E-state index is -0.672. The molecule has 1 heterocycles. The molecule has 100 valence electrons. The molecule has 0 aliphatic rings. The Hall–Kier alpha value is -2.44. The molecule has 0 amide bonds. The molecule has 7 nitrogen and oxygen atoms in total. The molecule has 20 heavy (non-hydrogen) atoms. The molecular weight excluding hydrogens is 302 g/mol. The molecule has 0 bridgehead atoms. The van der Waals surface area contributed by atoms with Crippen LogP contribution >= 0.6 is 23.1 Å². The van der Waals surface area contributed by atoms with Crippen LogP contribution in [0.5, 0.6) is 0 Å². The van der Waals surface area contributed by atoms with Crippen molar-refractivity contribution in [2.24, 2.45) is 0 Å². The van der Waals surface area contributed by atoms with E-state index in [9.17, 15) is 20.2 Å². The van der Waals surface area contributed by atoms with E-state index >= 15 is 0 Å². The summed E-state index contributed by atoms with van der Waals surface area (Å²) in [5.74, 6) is 0. The van der Waals surface area contributed by atoms with Gasteiger partial charge in [0.25, 0.3) is 11.4 Å². The molecular formula is C11H5N3O4S2. The number of hydrogen-bond acceptors (Lipinski definition) is 7. The average molecular weight is 307 g/mol. The Balaban J connectivity index is 2.57. The van der Waals surface area contributed by atoms with Gasteiger partial charge < -0.3 is 0 Å². The fourth-order valence-corrected chi connectivity index (χ4v) is 3.54. The first-order valence-corrected chi connectivity index (χ1v) is 6.81. The van der Waals surface area contributed by atoms with E-state index in [1.807, 2.05) is 6.07 Å². The van der Waals surface area contributed by atoms with Crippen LogP contribution in [0.3, 0.4) is 0 Å². The summed E-state index contributed by atoms with van der Waals surface area (Å²) in [6.07, 6.45) is 0. The number of thiophene rings is 1. The normalized spacial score (nSPS) is 9.95. The van der Waals surface area contributed by atoms with Crippen LogP contribution in [-0.2, 0) is 0 Å². The number of hydrogen-bond donors (Lipinski definition) is 0. The number of rotatable bonds is 4. The molecule has 0 saturated carbocycles. The van der Waals surface area contributed by atoms with E-state index in [1.165, 1.54) is 29.5 Å². The largest absolute Gasteiger partial charge is 0.290 e. The molecule has 1 aromatic carbocycles. The number of nitrogens with zero attached hydrogens (tertiary/aromatic N) is 3. The lowest BCUT2D eigenvalue weighted by Gasteiger charge is -2.02. The third-order valence-electron chi connectivity index (χ3n) is 2.31. The predicted molar refractivity (Wildman–Crippen MR) is 72.9 cm³/mol. The second-order valence-corrected chi connectivity index (χ2v) is 5.67. The van der Waals surface area contributed by atoms with Crippen LogP contribution in [0.25, 0.3) is 0 Å². The molecule has 0 aliphatic heterocycles. The third kappa shape index (κ3) is 2.61. The van der Waals surface area contributed by atoms with E-state index < -0.39 is 9.85 Å². The summed E-state index contributed by atoms with van der Waals surface area (Å²) in [5.41, 5.74) is -0.351. The number of benzene rings is 1. The SMILES string of the molecule is N#Cc1ccsc1Sc1c([N+](=O)[O-])cccc1[N+](=O)[O-]. The van der Waals surface area contributed by atoms with Gasteiger partial charge in [0.15, 0.2) is 4.90 Å². The smallest absolute Gasteiger partial charge is 0.258 e. The van der Waals surface area contributed by atoms with E-state index in [2.05, 4.69) is 0 Å².